The molecule has 0 aromatic rings. The van der Waals surface area contributed by atoms with Crippen molar-refractivity contribution in [2.24, 2.45) is 0 Å². The van der Waals surface area contributed by atoms with Crippen LogP contribution < -0.4 is 5.32 Å². The van der Waals surface area contributed by atoms with E-state index in [9.17, 15) is 13.8 Å². The molecule has 0 aliphatic carbocycles. The third-order valence-electron chi connectivity index (χ3n) is 3.53. The quantitative estimate of drug-likeness (QED) is 0.800. The molecule has 0 spiro atoms. The maximum Gasteiger partial charge on any atom is 0.248 e. The van der Waals surface area contributed by atoms with Crippen molar-refractivity contribution in [2.45, 2.75) is 44.4 Å². The first-order valence-electron chi connectivity index (χ1n) is 6.22. The smallest absolute Gasteiger partial charge is 0.248 e. The van der Waals surface area contributed by atoms with Crippen LogP contribution >= 0.6 is 0 Å². The summed E-state index contributed by atoms with van der Waals surface area (Å²) < 4.78 is 11.4. The normalized spacial score (nSPS) is 28.6. The molecular weight excluding hydrogens is 252 g/mol. The molecule has 1 aliphatic rings. The highest BCUT2D eigenvalue weighted by Gasteiger charge is 2.39. The van der Waals surface area contributed by atoms with E-state index in [2.05, 4.69) is 5.32 Å². The van der Waals surface area contributed by atoms with E-state index in [1.165, 1.54) is 0 Å². The highest BCUT2D eigenvalue weighted by molar-refractivity contribution is 7.84. The number of carbonyl (C=O) groups is 2. The Morgan fingerprint density at radius 3 is 2.61 bits per heavy atom. The van der Waals surface area contributed by atoms with E-state index in [4.69, 9.17) is 0 Å². The molecule has 0 aromatic heterocycles. The topological polar surface area (TPSA) is 66.5 Å². The molecule has 1 N–H and O–H groups in total. The number of rotatable bonds is 4. The molecule has 3 unspecified atom stereocenters. The second-order valence-corrected chi connectivity index (χ2v) is 6.85. The van der Waals surface area contributed by atoms with Crippen LogP contribution in [0.3, 0.4) is 0 Å². The van der Waals surface area contributed by atoms with Gasteiger partial charge in [0.05, 0.1) is 0 Å². The minimum absolute atomic E-state index is 0.0758. The largest absolute Gasteiger partial charge is 0.342 e. The number of carbonyl (C=O) groups excluding carboxylic acids is 2. The van der Waals surface area contributed by atoms with Crippen molar-refractivity contribution in [1.82, 2.24) is 10.2 Å². The summed E-state index contributed by atoms with van der Waals surface area (Å²) in [5.41, 5.74) is -0.831. The van der Waals surface area contributed by atoms with Gasteiger partial charge in [-0.05, 0) is 20.3 Å². The molecule has 5 nitrogen and oxygen atoms in total. The van der Waals surface area contributed by atoms with Gasteiger partial charge in [0.2, 0.25) is 11.8 Å². The molecule has 1 saturated heterocycles. The van der Waals surface area contributed by atoms with Crippen molar-refractivity contribution in [3.63, 3.8) is 0 Å². The molecule has 1 heterocycles. The van der Waals surface area contributed by atoms with Gasteiger partial charge in [-0.2, -0.15) is 0 Å². The molecule has 1 aliphatic heterocycles. The van der Waals surface area contributed by atoms with E-state index >= 15 is 0 Å². The third kappa shape index (κ3) is 3.31. The third-order valence-corrected chi connectivity index (χ3v) is 4.82. The molecular formula is C12H22N2O3S. The Hall–Kier alpha value is -0.910. The van der Waals surface area contributed by atoms with Gasteiger partial charge in [0.25, 0.3) is 0 Å². The number of amides is 2. The van der Waals surface area contributed by atoms with Gasteiger partial charge in [-0.3, -0.25) is 13.8 Å². The molecule has 0 radical (unpaired) electrons. The highest BCUT2D eigenvalue weighted by atomic mass is 32.2. The molecule has 1 rings (SSSR count). The second kappa shape index (κ2) is 5.82. The first kappa shape index (κ1) is 15.1. The number of nitrogens with one attached hydrogen (secondary N) is 1. The summed E-state index contributed by atoms with van der Waals surface area (Å²) in [5.74, 6) is -0.173. The van der Waals surface area contributed by atoms with Crippen LogP contribution in [0.15, 0.2) is 0 Å². The van der Waals surface area contributed by atoms with Gasteiger partial charge < -0.3 is 10.2 Å². The number of nitrogens with zero attached hydrogens (tertiary/aromatic N) is 1. The standard InChI is InChI=1S/C12H22N2O3S/c1-5-12(3)11(16)14(7-6-10(15)13-12)8-9(2)18(4)17/h9H,5-8H2,1-4H3,(H,13,15). The summed E-state index contributed by atoms with van der Waals surface area (Å²) in [5, 5.41) is 2.70. The second-order valence-electron chi connectivity index (χ2n) is 5.04. The zero-order chi connectivity index (χ0) is 13.9. The van der Waals surface area contributed by atoms with Gasteiger partial charge in [-0.1, -0.05) is 6.92 Å². The molecule has 1 fully saturated rings. The molecule has 0 saturated carbocycles. The lowest BCUT2D eigenvalue weighted by Crippen LogP contribution is -2.55. The summed E-state index contributed by atoms with van der Waals surface area (Å²) in [4.78, 5) is 25.7. The van der Waals surface area contributed by atoms with Gasteiger partial charge in [-0.15, -0.1) is 0 Å². The lowest BCUT2D eigenvalue weighted by molar-refractivity contribution is -0.138. The maximum atomic E-state index is 12.4. The van der Waals surface area contributed by atoms with Crippen molar-refractivity contribution in [2.75, 3.05) is 19.3 Å². The Morgan fingerprint density at radius 2 is 2.11 bits per heavy atom. The maximum absolute atomic E-state index is 12.4. The monoisotopic (exact) mass is 274 g/mol. The van der Waals surface area contributed by atoms with E-state index in [1.807, 2.05) is 13.8 Å². The SMILES string of the molecule is CCC1(C)NC(=O)CCN(CC(C)S(C)=O)C1=O. The molecule has 3 atom stereocenters. The Bertz CT molecular complexity index is 372. The van der Waals surface area contributed by atoms with Crippen molar-refractivity contribution in [3.8, 4) is 0 Å². The molecule has 0 aromatic carbocycles. The highest BCUT2D eigenvalue weighted by Crippen LogP contribution is 2.18. The minimum Gasteiger partial charge on any atom is -0.342 e. The van der Waals surface area contributed by atoms with Gasteiger partial charge in [0, 0.05) is 41.8 Å². The summed E-state index contributed by atoms with van der Waals surface area (Å²) in [6.07, 6.45) is 2.50. The average Bonchev–Trinajstić information content (AvgIpc) is 2.41. The Morgan fingerprint density at radius 1 is 1.50 bits per heavy atom. The van der Waals surface area contributed by atoms with Gasteiger partial charge in [0.15, 0.2) is 0 Å². The van der Waals surface area contributed by atoms with E-state index < -0.39 is 16.3 Å². The molecule has 6 heteroatoms. The van der Waals surface area contributed by atoms with E-state index in [0.29, 0.717) is 25.9 Å². The average molecular weight is 274 g/mol. The molecule has 104 valence electrons. The van der Waals surface area contributed by atoms with Gasteiger partial charge in [-0.25, -0.2) is 0 Å². The zero-order valence-corrected chi connectivity index (χ0v) is 12.3. The van der Waals surface area contributed by atoms with Gasteiger partial charge in [0.1, 0.15) is 5.54 Å². The van der Waals surface area contributed by atoms with Crippen molar-refractivity contribution < 1.29 is 13.8 Å². The summed E-state index contributed by atoms with van der Waals surface area (Å²) in [6.45, 7) is 6.32. The van der Waals surface area contributed by atoms with Crippen LogP contribution in [0.25, 0.3) is 0 Å². The lowest BCUT2D eigenvalue weighted by atomic mass is 9.97. The van der Waals surface area contributed by atoms with Crippen LogP contribution in [-0.4, -0.2) is 51.1 Å². The van der Waals surface area contributed by atoms with Crippen LogP contribution in [0, 0.1) is 0 Å². The van der Waals surface area contributed by atoms with Crippen molar-refractivity contribution >= 4 is 22.6 Å². The summed E-state index contributed by atoms with van der Waals surface area (Å²) in [6, 6.07) is 0. The van der Waals surface area contributed by atoms with Crippen LogP contribution in [0.4, 0.5) is 0 Å². The Labute approximate surface area is 111 Å². The minimum atomic E-state index is -0.967. The fourth-order valence-electron chi connectivity index (χ4n) is 1.94. The van der Waals surface area contributed by atoms with Gasteiger partial charge >= 0.3 is 0 Å². The molecule has 2 amide bonds. The van der Waals surface area contributed by atoms with E-state index in [-0.39, 0.29) is 17.1 Å². The Balaban J connectivity index is 2.88. The first-order valence-corrected chi connectivity index (χ1v) is 7.85. The zero-order valence-electron chi connectivity index (χ0n) is 11.5. The number of hydrogen-bond acceptors (Lipinski definition) is 3. The molecule has 18 heavy (non-hydrogen) atoms. The van der Waals surface area contributed by atoms with Crippen molar-refractivity contribution in [3.05, 3.63) is 0 Å². The Kier molecular flexibility index (Phi) is 4.90. The van der Waals surface area contributed by atoms with Crippen molar-refractivity contribution in [1.29, 1.82) is 0 Å². The fraction of sp³-hybridized carbons (Fsp3) is 0.833. The predicted octanol–water partition coefficient (Wildman–Crippen LogP) is 0.271. The summed E-state index contributed by atoms with van der Waals surface area (Å²) >= 11 is 0. The van der Waals surface area contributed by atoms with Crippen LogP contribution in [0.5, 0.6) is 0 Å². The van der Waals surface area contributed by atoms with Crippen LogP contribution in [0.1, 0.15) is 33.6 Å². The molecule has 0 bridgehead atoms. The fourth-order valence-corrected chi connectivity index (χ4v) is 2.33. The van der Waals surface area contributed by atoms with Crippen LogP contribution in [-0.2, 0) is 20.4 Å². The van der Waals surface area contributed by atoms with Crippen LogP contribution in [0.2, 0.25) is 0 Å². The lowest BCUT2D eigenvalue weighted by Gasteiger charge is -2.32. The number of hydrogen-bond donors (Lipinski definition) is 1. The first-order chi connectivity index (χ1) is 8.30. The summed E-state index contributed by atoms with van der Waals surface area (Å²) in [7, 11) is -0.967. The van der Waals surface area contributed by atoms with E-state index in [1.54, 1.807) is 18.1 Å². The van der Waals surface area contributed by atoms with E-state index in [0.717, 1.165) is 0 Å². The predicted molar refractivity (Wildman–Crippen MR) is 71.6 cm³/mol.